The topological polar surface area (TPSA) is 82.6 Å². The normalized spacial score (nSPS) is 16.8. The van der Waals surface area contributed by atoms with Crippen LogP contribution in [-0.2, 0) is 27.5 Å². The maximum atomic E-state index is 13.7. The number of nitrogens with one attached hydrogen (secondary N) is 1. The Kier molecular flexibility index (Phi) is 8.09. The van der Waals surface area contributed by atoms with Crippen molar-refractivity contribution in [1.82, 2.24) is 14.6 Å². The van der Waals surface area contributed by atoms with E-state index in [9.17, 15) is 26.4 Å². The maximum Gasteiger partial charge on any atom is 0.416 e. The Balaban J connectivity index is 1.41. The molecular formula is C29H29F3N4O3S2. The molecule has 7 nitrogen and oxygen atoms in total. The lowest BCUT2D eigenvalue weighted by atomic mass is 10.0. The molecule has 1 aliphatic heterocycles. The number of benzene rings is 3. The van der Waals surface area contributed by atoms with Crippen LogP contribution in [-0.4, -0.2) is 49.3 Å². The summed E-state index contributed by atoms with van der Waals surface area (Å²) in [5.41, 5.74) is 1.87. The molecular weight excluding hydrogens is 573 g/mol. The molecule has 216 valence electrons. The number of hydrogen-bond acceptors (Lipinski definition) is 6. The molecule has 3 aromatic carbocycles. The lowest BCUT2D eigenvalue weighted by Gasteiger charge is -2.39. The van der Waals surface area contributed by atoms with Gasteiger partial charge in [-0.2, -0.15) is 17.5 Å². The number of piperazine rings is 1. The van der Waals surface area contributed by atoms with Gasteiger partial charge < -0.3 is 10.2 Å². The summed E-state index contributed by atoms with van der Waals surface area (Å²) in [6, 6.07) is 17.6. The van der Waals surface area contributed by atoms with Gasteiger partial charge in [0.1, 0.15) is 6.04 Å². The summed E-state index contributed by atoms with van der Waals surface area (Å²) in [5, 5.41) is 3.53. The van der Waals surface area contributed by atoms with Gasteiger partial charge >= 0.3 is 6.18 Å². The van der Waals surface area contributed by atoms with Crippen molar-refractivity contribution in [1.29, 1.82) is 0 Å². The van der Waals surface area contributed by atoms with E-state index in [-0.39, 0.29) is 31.1 Å². The largest absolute Gasteiger partial charge is 0.416 e. The second-order valence-electron chi connectivity index (χ2n) is 10.2. The monoisotopic (exact) mass is 602 g/mol. The van der Waals surface area contributed by atoms with Gasteiger partial charge in [0.2, 0.25) is 15.9 Å². The van der Waals surface area contributed by atoms with Crippen LogP contribution in [0.1, 0.15) is 36.5 Å². The number of halogens is 3. The fraction of sp³-hybridized carbons (Fsp3) is 0.310. The molecule has 1 N–H and O–H groups in total. The summed E-state index contributed by atoms with van der Waals surface area (Å²) >= 11 is 1.45. The number of nitrogens with zero attached hydrogens (tertiary/aromatic N) is 3. The van der Waals surface area contributed by atoms with Gasteiger partial charge in [0.15, 0.2) is 5.13 Å². The van der Waals surface area contributed by atoms with Gasteiger partial charge in [-0.1, -0.05) is 61.6 Å². The minimum Gasteiger partial charge on any atom is -0.351 e. The third-order valence-corrected chi connectivity index (χ3v) is 10.1. The molecule has 0 unspecified atom stereocenters. The summed E-state index contributed by atoms with van der Waals surface area (Å²) < 4.78 is 68.6. The van der Waals surface area contributed by atoms with Crippen molar-refractivity contribution in [2.24, 2.45) is 0 Å². The number of carbonyl (C=O) groups excluding carboxylic acids is 1. The molecule has 5 rings (SSSR count). The quantitative estimate of drug-likeness (QED) is 0.296. The number of fused-ring (bicyclic) bond motifs is 1. The highest BCUT2D eigenvalue weighted by atomic mass is 32.2. The van der Waals surface area contributed by atoms with Crippen LogP contribution in [0.15, 0.2) is 77.7 Å². The third-order valence-electron chi connectivity index (χ3n) is 7.09. The molecule has 1 amide bonds. The number of para-hydroxylation sites is 1. The van der Waals surface area contributed by atoms with Gasteiger partial charge in [0.25, 0.3) is 0 Å². The average Bonchev–Trinajstić information content (AvgIpc) is 3.40. The van der Waals surface area contributed by atoms with Crippen LogP contribution in [0.2, 0.25) is 0 Å². The Labute approximate surface area is 240 Å². The molecule has 0 spiro atoms. The van der Waals surface area contributed by atoms with Gasteiger partial charge in [-0.05, 0) is 53.4 Å². The Hall–Kier alpha value is -3.48. The van der Waals surface area contributed by atoms with Crippen molar-refractivity contribution in [3.05, 3.63) is 89.5 Å². The molecule has 1 aliphatic rings. The van der Waals surface area contributed by atoms with Gasteiger partial charge in [0, 0.05) is 26.2 Å². The van der Waals surface area contributed by atoms with Crippen molar-refractivity contribution in [3.63, 3.8) is 0 Å². The number of rotatable bonds is 7. The Morgan fingerprint density at radius 1 is 1.02 bits per heavy atom. The molecule has 12 heteroatoms. The van der Waals surface area contributed by atoms with E-state index in [0.717, 1.165) is 49.9 Å². The first-order valence-electron chi connectivity index (χ1n) is 13.1. The van der Waals surface area contributed by atoms with E-state index in [1.165, 1.54) is 11.3 Å². The SMILES string of the molecule is CC(C)c1ccc(CNC(=O)[C@H]2CN(c3nc4ccccc4s3)CCN2S(=O)(=O)c2ccc(C(F)(F)F)cc2)cc1. The van der Waals surface area contributed by atoms with E-state index in [2.05, 4.69) is 24.1 Å². The smallest absolute Gasteiger partial charge is 0.351 e. The number of sulfonamides is 1. The van der Waals surface area contributed by atoms with E-state index in [1.807, 2.05) is 53.4 Å². The molecule has 41 heavy (non-hydrogen) atoms. The molecule has 1 saturated heterocycles. The molecule has 0 bridgehead atoms. The van der Waals surface area contributed by atoms with Crippen molar-refractivity contribution < 1.29 is 26.4 Å². The number of amides is 1. The van der Waals surface area contributed by atoms with Gasteiger partial charge in [-0.15, -0.1) is 0 Å². The van der Waals surface area contributed by atoms with Crippen molar-refractivity contribution in [2.75, 3.05) is 24.5 Å². The summed E-state index contributed by atoms with van der Waals surface area (Å²) in [4.78, 5) is 19.8. The maximum absolute atomic E-state index is 13.7. The highest BCUT2D eigenvalue weighted by molar-refractivity contribution is 7.89. The van der Waals surface area contributed by atoms with Crippen LogP contribution < -0.4 is 10.2 Å². The van der Waals surface area contributed by atoms with E-state index >= 15 is 0 Å². The minimum atomic E-state index is -4.60. The summed E-state index contributed by atoms with van der Waals surface area (Å²) in [7, 11) is -4.29. The molecule has 0 saturated carbocycles. The Bertz CT molecular complexity index is 1600. The van der Waals surface area contributed by atoms with Crippen LogP contribution >= 0.6 is 11.3 Å². The molecule has 2 heterocycles. The van der Waals surface area contributed by atoms with Crippen LogP contribution in [0.5, 0.6) is 0 Å². The van der Waals surface area contributed by atoms with E-state index in [0.29, 0.717) is 11.0 Å². The fourth-order valence-electron chi connectivity index (χ4n) is 4.72. The zero-order chi connectivity index (χ0) is 29.4. The first-order valence-corrected chi connectivity index (χ1v) is 15.4. The average molecular weight is 603 g/mol. The fourth-order valence-corrected chi connectivity index (χ4v) is 7.29. The number of anilines is 1. The standard InChI is InChI=1S/C29H29F3N4O3S2/c1-19(2)21-9-7-20(8-10-21)17-33-27(37)25-18-35(28-34-24-5-3-4-6-26(24)40-28)15-16-36(25)41(38,39)23-13-11-22(12-14-23)29(30,31)32/h3-14,19,25H,15-18H2,1-2H3,(H,33,37)/t25-/m1/s1. The first kappa shape index (κ1) is 29.0. The highest BCUT2D eigenvalue weighted by Gasteiger charge is 2.41. The van der Waals surface area contributed by atoms with Crippen molar-refractivity contribution in [3.8, 4) is 0 Å². The summed E-state index contributed by atoms with van der Waals surface area (Å²) in [6.45, 7) is 4.63. The number of alkyl halides is 3. The molecule has 1 fully saturated rings. The minimum absolute atomic E-state index is 0.0395. The highest BCUT2D eigenvalue weighted by Crippen LogP contribution is 2.33. The number of thiazole rings is 1. The Morgan fingerprint density at radius 3 is 2.34 bits per heavy atom. The number of carbonyl (C=O) groups is 1. The van der Waals surface area contributed by atoms with Crippen LogP contribution in [0.25, 0.3) is 10.2 Å². The van der Waals surface area contributed by atoms with Crippen LogP contribution in [0, 0.1) is 0 Å². The van der Waals surface area contributed by atoms with E-state index < -0.39 is 33.7 Å². The lowest BCUT2D eigenvalue weighted by molar-refractivity contribution is -0.137. The zero-order valence-electron chi connectivity index (χ0n) is 22.4. The number of aromatic nitrogens is 1. The van der Waals surface area contributed by atoms with Gasteiger partial charge in [0.05, 0.1) is 20.7 Å². The van der Waals surface area contributed by atoms with Crippen molar-refractivity contribution >= 4 is 42.6 Å². The summed E-state index contributed by atoms with van der Waals surface area (Å²) in [5.74, 6) is -0.141. The number of hydrogen-bond donors (Lipinski definition) is 1. The third kappa shape index (κ3) is 6.24. The second kappa shape index (κ2) is 11.4. The van der Waals surface area contributed by atoms with E-state index in [1.54, 1.807) is 0 Å². The van der Waals surface area contributed by atoms with Gasteiger partial charge in [-0.3, -0.25) is 4.79 Å². The molecule has 0 radical (unpaired) electrons. The molecule has 0 aliphatic carbocycles. The first-order chi connectivity index (χ1) is 19.4. The molecule has 1 atom stereocenters. The van der Waals surface area contributed by atoms with Crippen molar-refractivity contribution in [2.45, 2.75) is 43.4 Å². The zero-order valence-corrected chi connectivity index (χ0v) is 24.1. The van der Waals surface area contributed by atoms with Gasteiger partial charge in [-0.25, -0.2) is 13.4 Å². The predicted octanol–water partition coefficient (Wildman–Crippen LogP) is 5.63. The second-order valence-corrected chi connectivity index (χ2v) is 13.1. The predicted molar refractivity (Wildman–Crippen MR) is 153 cm³/mol. The van der Waals surface area contributed by atoms with Crippen LogP contribution in [0.4, 0.5) is 18.3 Å². The molecule has 1 aromatic heterocycles. The van der Waals surface area contributed by atoms with Crippen LogP contribution in [0.3, 0.4) is 0 Å². The Morgan fingerprint density at radius 2 is 1.71 bits per heavy atom. The summed E-state index contributed by atoms with van der Waals surface area (Å²) in [6.07, 6.45) is -4.60. The lowest BCUT2D eigenvalue weighted by Crippen LogP contribution is -2.60. The molecule has 4 aromatic rings. The van der Waals surface area contributed by atoms with E-state index in [4.69, 9.17) is 0 Å².